The van der Waals surface area contributed by atoms with Gasteiger partial charge in [0.1, 0.15) is 6.33 Å². The lowest BCUT2D eigenvalue weighted by atomic mass is 10.2. The molecule has 0 aliphatic carbocycles. The van der Waals surface area contributed by atoms with Crippen LogP contribution in [0.1, 0.15) is 30.8 Å². The van der Waals surface area contributed by atoms with E-state index in [0.29, 0.717) is 17.4 Å². The highest BCUT2D eigenvalue weighted by Gasteiger charge is 2.13. The summed E-state index contributed by atoms with van der Waals surface area (Å²) in [6.45, 7) is 7.82. The van der Waals surface area contributed by atoms with Crippen molar-refractivity contribution in [1.29, 1.82) is 0 Å². The van der Waals surface area contributed by atoms with Crippen LogP contribution in [0.2, 0.25) is 0 Å². The lowest BCUT2D eigenvalue weighted by Crippen LogP contribution is -2.08. The standard InChI is InChI=1S/C18H21BrN6O2/c1-11(2)27-17-15(19)7-14(8-16(17)26-5)9-21-24-10-20-22-18(24)25-13(4)6-12(3)23-25/h6-11H,1-5H3/b21-9+. The normalized spacial score (nSPS) is 11.5. The van der Waals surface area contributed by atoms with Crippen molar-refractivity contribution in [3.63, 3.8) is 0 Å². The summed E-state index contributed by atoms with van der Waals surface area (Å²) in [6, 6.07) is 5.74. The Bertz CT molecular complexity index is 976. The van der Waals surface area contributed by atoms with Gasteiger partial charge in [-0.2, -0.15) is 14.9 Å². The summed E-state index contributed by atoms with van der Waals surface area (Å²) in [5.41, 5.74) is 2.69. The van der Waals surface area contributed by atoms with Gasteiger partial charge in [0, 0.05) is 5.69 Å². The van der Waals surface area contributed by atoms with Crippen molar-refractivity contribution in [1.82, 2.24) is 24.7 Å². The molecule has 0 spiro atoms. The average Bonchev–Trinajstić information content (AvgIpc) is 3.20. The maximum Gasteiger partial charge on any atom is 0.273 e. The van der Waals surface area contributed by atoms with E-state index in [1.54, 1.807) is 22.7 Å². The molecule has 0 radical (unpaired) electrons. The molecule has 0 saturated carbocycles. The average molecular weight is 433 g/mol. The highest BCUT2D eigenvalue weighted by molar-refractivity contribution is 9.10. The number of hydrogen-bond donors (Lipinski definition) is 0. The Balaban J connectivity index is 1.93. The monoisotopic (exact) mass is 432 g/mol. The molecule has 0 bridgehead atoms. The molecule has 0 N–H and O–H groups in total. The van der Waals surface area contributed by atoms with Gasteiger partial charge in [-0.05, 0) is 67.4 Å². The molecule has 0 saturated heterocycles. The molecular weight excluding hydrogens is 412 g/mol. The van der Waals surface area contributed by atoms with Crippen molar-refractivity contribution >= 4 is 22.1 Å². The zero-order valence-corrected chi connectivity index (χ0v) is 17.4. The first-order valence-electron chi connectivity index (χ1n) is 8.41. The van der Waals surface area contributed by atoms with Gasteiger partial charge in [0.15, 0.2) is 11.5 Å². The van der Waals surface area contributed by atoms with Crippen LogP contribution in [-0.4, -0.2) is 44.1 Å². The number of aromatic nitrogens is 5. The summed E-state index contributed by atoms with van der Waals surface area (Å²) >= 11 is 3.54. The van der Waals surface area contributed by atoms with Crippen LogP contribution in [0.4, 0.5) is 0 Å². The van der Waals surface area contributed by atoms with E-state index in [1.807, 2.05) is 45.9 Å². The first-order valence-corrected chi connectivity index (χ1v) is 9.20. The number of methoxy groups -OCH3 is 1. The molecule has 0 aliphatic rings. The van der Waals surface area contributed by atoms with Gasteiger partial charge in [0.05, 0.1) is 29.6 Å². The van der Waals surface area contributed by atoms with Crippen LogP contribution in [0.5, 0.6) is 11.5 Å². The van der Waals surface area contributed by atoms with Crippen molar-refractivity contribution in [2.24, 2.45) is 5.10 Å². The Hall–Kier alpha value is -2.68. The number of nitrogens with zero attached hydrogens (tertiary/aromatic N) is 6. The van der Waals surface area contributed by atoms with E-state index in [1.165, 1.54) is 6.33 Å². The van der Waals surface area contributed by atoms with Gasteiger partial charge in [-0.25, -0.2) is 4.68 Å². The fourth-order valence-electron chi connectivity index (χ4n) is 2.57. The predicted molar refractivity (Wildman–Crippen MR) is 106 cm³/mol. The van der Waals surface area contributed by atoms with Crippen molar-refractivity contribution in [3.05, 3.63) is 46.0 Å². The van der Waals surface area contributed by atoms with E-state index in [4.69, 9.17) is 9.47 Å². The molecule has 0 aliphatic heterocycles. The van der Waals surface area contributed by atoms with Gasteiger partial charge in [-0.3, -0.25) is 0 Å². The second-order valence-corrected chi connectivity index (χ2v) is 7.11. The molecule has 142 valence electrons. The van der Waals surface area contributed by atoms with Crippen molar-refractivity contribution in [2.75, 3.05) is 7.11 Å². The first kappa shape index (κ1) is 19.1. The third-order valence-electron chi connectivity index (χ3n) is 3.65. The summed E-state index contributed by atoms with van der Waals surface area (Å²) in [5, 5.41) is 16.9. The minimum absolute atomic E-state index is 0.0371. The lowest BCUT2D eigenvalue weighted by molar-refractivity contribution is 0.228. The van der Waals surface area contributed by atoms with Crippen LogP contribution in [0.25, 0.3) is 5.95 Å². The van der Waals surface area contributed by atoms with E-state index in [2.05, 4.69) is 36.3 Å². The third-order valence-corrected chi connectivity index (χ3v) is 4.24. The van der Waals surface area contributed by atoms with E-state index >= 15 is 0 Å². The molecule has 9 heteroatoms. The number of hydrogen-bond acceptors (Lipinski definition) is 6. The topological polar surface area (TPSA) is 79.4 Å². The van der Waals surface area contributed by atoms with Gasteiger partial charge in [-0.1, -0.05) is 0 Å². The van der Waals surface area contributed by atoms with E-state index < -0.39 is 0 Å². The molecule has 0 amide bonds. The van der Waals surface area contributed by atoms with Crippen molar-refractivity contribution < 1.29 is 9.47 Å². The summed E-state index contributed by atoms with van der Waals surface area (Å²) in [7, 11) is 1.61. The van der Waals surface area contributed by atoms with Crippen LogP contribution >= 0.6 is 15.9 Å². The van der Waals surface area contributed by atoms with E-state index in [0.717, 1.165) is 21.4 Å². The predicted octanol–water partition coefficient (Wildman–Crippen LogP) is 3.52. The quantitative estimate of drug-likeness (QED) is 0.556. The number of benzene rings is 1. The van der Waals surface area contributed by atoms with Gasteiger partial charge in [0.25, 0.3) is 5.95 Å². The van der Waals surface area contributed by atoms with Gasteiger partial charge >= 0.3 is 0 Å². The number of halogens is 1. The van der Waals surface area contributed by atoms with E-state index in [9.17, 15) is 0 Å². The number of rotatable bonds is 6. The molecule has 3 rings (SSSR count). The van der Waals surface area contributed by atoms with Crippen molar-refractivity contribution in [2.45, 2.75) is 33.8 Å². The molecule has 3 aromatic rings. The summed E-state index contributed by atoms with van der Waals surface area (Å²) in [6.07, 6.45) is 3.27. The third kappa shape index (κ3) is 4.19. The van der Waals surface area contributed by atoms with Gasteiger partial charge in [0.2, 0.25) is 0 Å². The lowest BCUT2D eigenvalue weighted by Gasteiger charge is -2.15. The number of aryl methyl sites for hydroxylation is 2. The van der Waals surface area contributed by atoms with Gasteiger partial charge in [-0.15, -0.1) is 10.2 Å². The Morgan fingerprint density at radius 1 is 1.22 bits per heavy atom. The second-order valence-electron chi connectivity index (χ2n) is 6.26. The highest BCUT2D eigenvalue weighted by Crippen LogP contribution is 2.37. The largest absolute Gasteiger partial charge is 0.493 e. The molecule has 27 heavy (non-hydrogen) atoms. The SMILES string of the molecule is COc1cc(/C=N/n2cnnc2-n2nc(C)cc2C)cc(Br)c1OC(C)C. The van der Waals surface area contributed by atoms with Crippen LogP contribution in [0, 0.1) is 13.8 Å². The Labute approximate surface area is 165 Å². The molecule has 1 aromatic carbocycles. The zero-order valence-electron chi connectivity index (χ0n) is 15.8. The Morgan fingerprint density at radius 3 is 2.63 bits per heavy atom. The molecule has 0 fully saturated rings. The van der Waals surface area contributed by atoms with E-state index in [-0.39, 0.29) is 6.10 Å². The first-order chi connectivity index (χ1) is 12.9. The summed E-state index contributed by atoms with van der Waals surface area (Å²) in [5.74, 6) is 1.81. The minimum Gasteiger partial charge on any atom is -0.493 e. The van der Waals surface area contributed by atoms with Crippen LogP contribution in [0.3, 0.4) is 0 Å². The Morgan fingerprint density at radius 2 is 2.00 bits per heavy atom. The fourth-order valence-corrected chi connectivity index (χ4v) is 3.12. The maximum absolute atomic E-state index is 5.81. The Kier molecular flexibility index (Phi) is 5.59. The van der Waals surface area contributed by atoms with Crippen LogP contribution in [-0.2, 0) is 0 Å². The fraction of sp³-hybridized carbons (Fsp3) is 0.333. The smallest absolute Gasteiger partial charge is 0.273 e. The minimum atomic E-state index is 0.0371. The molecule has 8 nitrogen and oxygen atoms in total. The molecular formula is C18H21BrN6O2. The molecule has 2 heterocycles. The van der Waals surface area contributed by atoms with Crippen LogP contribution in [0.15, 0.2) is 34.1 Å². The number of ether oxygens (including phenoxy) is 2. The summed E-state index contributed by atoms with van der Waals surface area (Å²) < 4.78 is 15.3. The molecule has 2 aromatic heterocycles. The highest BCUT2D eigenvalue weighted by atomic mass is 79.9. The van der Waals surface area contributed by atoms with Crippen molar-refractivity contribution in [3.8, 4) is 17.4 Å². The maximum atomic E-state index is 5.81. The van der Waals surface area contributed by atoms with Gasteiger partial charge < -0.3 is 9.47 Å². The van der Waals surface area contributed by atoms with Crippen LogP contribution < -0.4 is 9.47 Å². The molecule has 0 unspecified atom stereocenters. The zero-order chi connectivity index (χ0) is 19.6. The molecule has 0 atom stereocenters. The summed E-state index contributed by atoms with van der Waals surface area (Å²) in [4.78, 5) is 0. The second kappa shape index (κ2) is 7.91.